The molecule has 112 valence electrons. The van der Waals surface area contributed by atoms with Crippen LogP contribution in [-0.2, 0) is 6.54 Å². The van der Waals surface area contributed by atoms with Gasteiger partial charge in [0.25, 0.3) is 0 Å². The van der Waals surface area contributed by atoms with E-state index in [-0.39, 0.29) is 0 Å². The van der Waals surface area contributed by atoms with Gasteiger partial charge in [0, 0.05) is 55.9 Å². The van der Waals surface area contributed by atoms with Gasteiger partial charge in [-0.3, -0.25) is 4.98 Å². The number of piperazine rings is 1. The molecule has 4 nitrogen and oxygen atoms in total. The number of nitrogens with zero attached hydrogens (tertiary/aromatic N) is 3. The number of nitrogens with one attached hydrogen (secondary N) is 1. The number of anilines is 1. The van der Waals surface area contributed by atoms with Gasteiger partial charge in [-0.15, -0.1) is 0 Å². The van der Waals surface area contributed by atoms with E-state index in [9.17, 15) is 0 Å². The van der Waals surface area contributed by atoms with Crippen LogP contribution in [0, 0.1) is 6.92 Å². The lowest BCUT2D eigenvalue weighted by atomic mass is 10.1. The maximum absolute atomic E-state index is 4.47. The summed E-state index contributed by atoms with van der Waals surface area (Å²) in [7, 11) is 0. The maximum Gasteiger partial charge on any atom is 0.0446 e. The Labute approximate surface area is 123 Å². The normalized spacial score (nSPS) is 16.6. The predicted octanol–water partition coefficient (Wildman–Crippen LogP) is 2.03. The van der Waals surface area contributed by atoms with Gasteiger partial charge in [-0.25, -0.2) is 0 Å². The summed E-state index contributed by atoms with van der Waals surface area (Å²) in [4.78, 5) is 9.50. The first-order chi connectivity index (χ1) is 9.74. The van der Waals surface area contributed by atoms with Crippen LogP contribution in [0.15, 0.2) is 12.3 Å². The van der Waals surface area contributed by atoms with Crippen molar-refractivity contribution in [2.24, 2.45) is 0 Å². The molecule has 1 aliphatic heterocycles. The van der Waals surface area contributed by atoms with E-state index in [1.807, 2.05) is 6.20 Å². The summed E-state index contributed by atoms with van der Waals surface area (Å²) < 4.78 is 0. The number of aromatic nitrogens is 1. The van der Waals surface area contributed by atoms with E-state index in [1.54, 1.807) is 0 Å². The summed E-state index contributed by atoms with van der Waals surface area (Å²) in [5.41, 5.74) is 3.81. The van der Waals surface area contributed by atoms with Crippen LogP contribution >= 0.6 is 0 Å². The number of likely N-dealkylation sites (N-methyl/N-ethyl adjacent to an activating group) is 1. The van der Waals surface area contributed by atoms with Gasteiger partial charge in [-0.1, -0.05) is 13.8 Å². The van der Waals surface area contributed by atoms with Crippen molar-refractivity contribution in [3.8, 4) is 0 Å². The van der Waals surface area contributed by atoms with Gasteiger partial charge < -0.3 is 15.1 Å². The third-order valence-corrected chi connectivity index (χ3v) is 4.00. The Morgan fingerprint density at radius 1 is 1.20 bits per heavy atom. The molecular weight excluding hydrogens is 248 g/mol. The van der Waals surface area contributed by atoms with E-state index in [4.69, 9.17) is 0 Å². The summed E-state index contributed by atoms with van der Waals surface area (Å²) in [6.07, 6.45) is 3.21. The van der Waals surface area contributed by atoms with E-state index in [0.717, 1.165) is 38.4 Å². The van der Waals surface area contributed by atoms with Crippen molar-refractivity contribution in [2.45, 2.75) is 33.7 Å². The summed E-state index contributed by atoms with van der Waals surface area (Å²) in [5, 5.41) is 3.49. The monoisotopic (exact) mass is 276 g/mol. The summed E-state index contributed by atoms with van der Waals surface area (Å²) in [5.74, 6) is 0. The topological polar surface area (TPSA) is 31.4 Å². The van der Waals surface area contributed by atoms with Gasteiger partial charge in [-0.05, 0) is 32.5 Å². The molecule has 0 bridgehead atoms. The van der Waals surface area contributed by atoms with Gasteiger partial charge in [0.15, 0.2) is 0 Å². The van der Waals surface area contributed by atoms with Crippen LogP contribution < -0.4 is 10.2 Å². The average Bonchev–Trinajstić information content (AvgIpc) is 2.49. The molecule has 1 aromatic rings. The molecule has 0 unspecified atom stereocenters. The minimum absolute atomic E-state index is 0.921. The van der Waals surface area contributed by atoms with Crippen LogP contribution in [0.1, 0.15) is 31.5 Å². The van der Waals surface area contributed by atoms with Crippen LogP contribution in [0.3, 0.4) is 0 Å². The van der Waals surface area contributed by atoms with E-state index in [0.29, 0.717) is 0 Å². The molecule has 0 aliphatic carbocycles. The Morgan fingerprint density at radius 3 is 2.60 bits per heavy atom. The molecule has 1 saturated heterocycles. The first-order valence-electron chi connectivity index (χ1n) is 7.88. The molecule has 0 spiro atoms. The molecule has 2 heterocycles. The Hall–Kier alpha value is -1.13. The fourth-order valence-corrected chi connectivity index (χ4v) is 2.71. The van der Waals surface area contributed by atoms with E-state index < -0.39 is 0 Å². The molecule has 0 atom stereocenters. The van der Waals surface area contributed by atoms with E-state index >= 15 is 0 Å². The SMILES string of the molecule is CCCNCc1cnc(C)cc1N1CCN(CC)CC1. The molecule has 2 rings (SSSR count). The van der Waals surface area contributed by atoms with Crippen LogP contribution in [-0.4, -0.2) is 49.2 Å². The Morgan fingerprint density at radius 2 is 1.95 bits per heavy atom. The molecule has 1 N–H and O–H groups in total. The number of pyridine rings is 1. The minimum Gasteiger partial charge on any atom is -0.369 e. The van der Waals surface area contributed by atoms with Crippen LogP contribution in [0.25, 0.3) is 0 Å². The second-order valence-electron chi connectivity index (χ2n) is 5.55. The highest BCUT2D eigenvalue weighted by atomic mass is 15.3. The largest absolute Gasteiger partial charge is 0.369 e. The predicted molar refractivity (Wildman–Crippen MR) is 85.3 cm³/mol. The van der Waals surface area contributed by atoms with Crippen molar-refractivity contribution in [3.63, 3.8) is 0 Å². The minimum atomic E-state index is 0.921. The van der Waals surface area contributed by atoms with Gasteiger partial charge >= 0.3 is 0 Å². The molecule has 0 amide bonds. The lowest BCUT2D eigenvalue weighted by Gasteiger charge is -2.36. The molecule has 4 heteroatoms. The van der Waals surface area contributed by atoms with Gasteiger partial charge in [0.05, 0.1) is 0 Å². The second kappa shape index (κ2) is 7.60. The zero-order chi connectivity index (χ0) is 14.4. The molecule has 1 aromatic heterocycles. The van der Waals surface area contributed by atoms with Gasteiger partial charge in [0.2, 0.25) is 0 Å². The highest BCUT2D eigenvalue weighted by Gasteiger charge is 2.18. The van der Waals surface area contributed by atoms with E-state index in [1.165, 1.54) is 30.8 Å². The number of hydrogen-bond donors (Lipinski definition) is 1. The Bertz CT molecular complexity index is 411. The summed E-state index contributed by atoms with van der Waals surface area (Å²) >= 11 is 0. The van der Waals surface area contributed by atoms with Crippen molar-refractivity contribution in [1.29, 1.82) is 0 Å². The zero-order valence-electron chi connectivity index (χ0n) is 13.2. The number of rotatable bonds is 6. The van der Waals surface area contributed by atoms with Crippen molar-refractivity contribution >= 4 is 5.69 Å². The molecule has 0 radical (unpaired) electrons. The third-order valence-electron chi connectivity index (χ3n) is 4.00. The highest BCUT2D eigenvalue weighted by Crippen LogP contribution is 2.22. The number of hydrogen-bond acceptors (Lipinski definition) is 4. The lowest BCUT2D eigenvalue weighted by Crippen LogP contribution is -2.46. The lowest BCUT2D eigenvalue weighted by molar-refractivity contribution is 0.271. The molecule has 20 heavy (non-hydrogen) atoms. The van der Waals surface area contributed by atoms with Crippen LogP contribution in [0.5, 0.6) is 0 Å². The quantitative estimate of drug-likeness (QED) is 0.806. The van der Waals surface area contributed by atoms with Crippen LogP contribution in [0.2, 0.25) is 0 Å². The smallest absolute Gasteiger partial charge is 0.0446 e. The first-order valence-corrected chi connectivity index (χ1v) is 7.88. The Kier molecular flexibility index (Phi) is 5.80. The first kappa shape index (κ1) is 15.3. The molecule has 0 saturated carbocycles. The Balaban J connectivity index is 2.06. The van der Waals surface area contributed by atoms with Crippen molar-refractivity contribution < 1.29 is 0 Å². The standard InChI is InChI=1S/C16H28N4/c1-4-6-17-12-15-13-18-14(3)11-16(15)20-9-7-19(5-2)8-10-20/h11,13,17H,4-10,12H2,1-3H3. The molecule has 1 fully saturated rings. The zero-order valence-corrected chi connectivity index (χ0v) is 13.2. The summed E-state index contributed by atoms with van der Waals surface area (Å²) in [6, 6.07) is 2.24. The molecule has 1 aliphatic rings. The van der Waals surface area contributed by atoms with E-state index in [2.05, 4.69) is 46.9 Å². The van der Waals surface area contributed by atoms with Crippen LogP contribution in [0.4, 0.5) is 5.69 Å². The average molecular weight is 276 g/mol. The van der Waals surface area contributed by atoms with Crippen molar-refractivity contribution in [2.75, 3.05) is 44.2 Å². The fourth-order valence-electron chi connectivity index (χ4n) is 2.71. The second-order valence-corrected chi connectivity index (χ2v) is 5.55. The van der Waals surface area contributed by atoms with Gasteiger partial charge in [-0.2, -0.15) is 0 Å². The van der Waals surface area contributed by atoms with Gasteiger partial charge in [0.1, 0.15) is 0 Å². The highest BCUT2D eigenvalue weighted by molar-refractivity contribution is 5.54. The summed E-state index contributed by atoms with van der Waals surface area (Å²) in [6.45, 7) is 14.2. The fraction of sp³-hybridized carbons (Fsp3) is 0.688. The van der Waals surface area contributed by atoms with Crippen molar-refractivity contribution in [3.05, 3.63) is 23.5 Å². The maximum atomic E-state index is 4.47. The van der Waals surface area contributed by atoms with Crippen molar-refractivity contribution in [1.82, 2.24) is 15.2 Å². The number of aryl methyl sites for hydroxylation is 1. The molecule has 0 aromatic carbocycles. The third kappa shape index (κ3) is 3.93. The molecular formula is C16H28N4.